The quantitative estimate of drug-likeness (QED) is 0.511. The number of nitrogens with zero attached hydrogens (tertiary/aromatic N) is 2. The van der Waals surface area contributed by atoms with Gasteiger partial charge in [-0.2, -0.15) is 0 Å². The lowest BCUT2D eigenvalue weighted by Crippen LogP contribution is -2.34. The van der Waals surface area contributed by atoms with Crippen LogP contribution in [0, 0.1) is 5.41 Å². The third-order valence-electron chi connectivity index (χ3n) is 4.64. The van der Waals surface area contributed by atoms with E-state index < -0.39 is 28.9 Å². The van der Waals surface area contributed by atoms with Crippen LogP contribution in [0.2, 0.25) is 0 Å². The molecule has 112 valence electrons. The highest BCUT2D eigenvalue weighted by Gasteiger charge is 2.59. The highest BCUT2D eigenvalue weighted by atomic mass is 16.5. The number of aromatic nitrogens is 4. The molecule has 4 rings (SSSR count). The van der Waals surface area contributed by atoms with Crippen molar-refractivity contribution in [3.63, 3.8) is 0 Å². The summed E-state index contributed by atoms with van der Waals surface area (Å²) in [6.07, 6.45) is 0.675. The zero-order chi connectivity index (χ0) is 14.8. The van der Waals surface area contributed by atoms with Crippen molar-refractivity contribution in [2.75, 3.05) is 13.2 Å². The first kappa shape index (κ1) is 12.7. The average Bonchev–Trinajstić information content (AvgIpc) is 3.09. The second-order valence-electron chi connectivity index (χ2n) is 5.77. The number of hydrogen-bond acceptors (Lipinski definition) is 6. The van der Waals surface area contributed by atoms with Gasteiger partial charge in [-0.15, -0.1) is 0 Å². The largest absolute Gasteiger partial charge is 0.396 e. The number of nitrogens with one attached hydrogen (secondary N) is 2. The van der Waals surface area contributed by atoms with E-state index in [1.165, 1.54) is 6.33 Å². The van der Waals surface area contributed by atoms with Crippen molar-refractivity contribution in [3.8, 4) is 0 Å². The zero-order valence-corrected chi connectivity index (χ0v) is 10.9. The van der Waals surface area contributed by atoms with Gasteiger partial charge in [0.1, 0.15) is 11.8 Å². The Kier molecular flexibility index (Phi) is 2.44. The van der Waals surface area contributed by atoms with Gasteiger partial charge in [-0.3, -0.25) is 14.8 Å². The molecule has 1 aliphatic carbocycles. The van der Waals surface area contributed by atoms with Crippen molar-refractivity contribution in [1.29, 1.82) is 0 Å². The lowest BCUT2D eigenvalue weighted by Gasteiger charge is -2.28. The first-order chi connectivity index (χ1) is 10.1. The van der Waals surface area contributed by atoms with E-state index in [-0.39, 0.29) is 18.2 Å². The van der Waals surface area contributed by atoms with Crippen LogP contribution in [0.15, 0.2) is 15.9 Å². The molecule has 0 amide bonds. The van der Waals surface area contributed by atoms with E-state index >= 15 is 0 Å². The maximum absolute atomic E-state index is 11.7. The molecule has 9 nitrogen and oxygen atoms in total. The fourth-order valence-corrected chi connectivity index (χ4v) is 3.48. The molecule has 0 spiro atoms. The molecule has 2 aliphatic rings. The molecule has 1 saturated carbocycles. The van der Waals surface area contributed by atoms with Crippen molar-refractivity contribution >= 4 is 11.2 Å². The number of ether oxygens (including phenoxy) is 1. The lowest BCUT2D eigenvalue weighted by molar-refractivity contribution is -0.00164. The summed E-state index contributed by atoms with van der Waals surface area (Å²) >= 11 is 0. The summed E-state index contributed by atoms with van der Waals surface area (Å²) in [5.41, 5.74) is -1.44. The highest BCUT2D eigenvalue weighted by Crippen LogP contribution is 2.51. The third-order valence-corrected chi connectivity index (χ3v) is 4.64. The van der Waals surface area contributed by atoms with Gasteiger partial charge in [0.25, 0.3) is 5.56 Å². The van der Waals surface area contributed by atoms with Crippen LogP contribution >= 0.6 is 0 Å². The second-order valence-corrected chi connectivity index (χ2v) is 5.77. The molecule has 1 aliphatic heterocycles. The van der Waals surface area contributed by atoms with Crippen LogP contribution in [0.4, 0.5) is 0 Å². The summed E-state index contributed by atoms with van der Waals surface area (Å²) in [7, 11) is 0. The molecule has 9 heteroatoms. The SMILES string of the molecule is O=c1[nH]c(=O)c2ncn([C@@H]3C[C@@]4(CO)COC3[C@H]4O)c2[nH]1. The summed E-state index contributed by atoms with van der Waals surface area (Å²) in [6.45, 7) is 0.125. The summed E-state index contributed by atoms with van der Waals surface area (Å²) in [5.74, 6) is 0. The zero-order valence-electron chi connectivity index (χ0n) is 10.9. The second kappa shape index (κ2) is 4.03. The molecule has 1 saturated heterocycles. The smallest absolute Gasteiger partial charge is 0.327 e. The van der Waals surface area contributed by atoms with E-state index in [2.05, 4.69) is 15.0 Å². The molecular formula is C12H14N4O5. The van der Waals surface area contributed by atoms with Crippen LogP contribution < -0.4 is 11.2 Å². The Balaban J connectivity index is 1.86. The number of H-pyrrole nitrogens is 2. The first-order valence-electron chi connectivity index (χ1n) is 6.65. The number of fused-ring (bicyclic) bond motifs is 3. The highest BCUT2D eigenvalue weighted by molar-refractivity contribution is 5.69. The maximum atomic E-state index is 11.7. The molecular weight excluding hydrogens is 280 g/mol. The third kappa shape index (κ3) is 1.53. The summed E-state index contributed by atoms with van der Waals surface area (Å²) in [6, 6.07) is -0.289. The Morgan fingerprint density at radius 1 is 1.48 bits per heavy atom. The molecule has 3 heterocycles. The molecule has 2 aromatic heterocycles. The van der Waals surface area contributed by atoms with Crippen molar-refractivity contribution in [3.05, 3.63) is 27.2 Å². The average molecular weight is 294 g/mol. The van der Waals surface area contributed by atoms with E-state index in [4.69, 9.17) is 4.74 Å². The Bertz CT molecular complexity index is 823. The van der Waals surface area contributed by atoms with E-state index in [1.54, 1.807) is 4.57 Å². The molecule has 4 N–H and O–H groups in total. The number of hydrogen-bond donors (Lipinski definition) is 4. The molecule has 2 bridgehead atoms. The van der Waals surface area contributed by atoms with Crippen molar-refractivity contribution in [1.82, 2.24) is 19.5 Å². The minimum atomic E-state index is -0.779. The van der Waals surface area contributed by atoms with E-state index in [1.807, 2.05) is 0 Å². The fraction of sp³-hybridized carbons (Fsp3) is 0.583. The van der Waals surface area contributed by atoms with Gasteiger partial charge in [-0.25, -0.2) is 9.78 Å². The van der Waals surface area contributed by atoms with Gasteiger partial charge in [0, 0.05) is 5.41 Å². The lowest BCUT2D eigenvalue weighted by atomic mass is 9.87. The normalized spacial score (nSPS) is 34.9. The summed E-state index contributed by atoms with van der Waals surface area (Å²) < 4.78 is 7.20. The Labute approximate surface area is 117 Å². The van der Waals surface area contributed by atoms with Crippen LogP contribution in [0.25, 0.3) is 11.2 Å². The van der Waals surface area contributed by atoms with Crippen LogP contribution in [0.5, 0.6) is 0 Å². The standard InChI is InChI=1S/C12H14N4O5/c17-2-12-1-5(7(8(12)18)21-3-12)16-4-13-6-9(16)14-11(20)15-10(6)19/h4-5,7-8,17-18H,1-3H2,(H2,14,15,19,20)/t5-,7?,8-,12-/m1/s1. The van der Waals surface area contributed by atoms with Gasteiger partial charge in [0.15, 0.2) is 5.52 Å². The maximum Gasteiger partial charge on any atom is 0.327 e. The number of aliphatic hydroxyl groups is 2. The van der Waals surface area contributed by atoms with Crippen LogP contribution in [0.1, 0.15) is 12.5 Å². The van der Waals surface area contributed by atoms with E-state index in [0.29, 0.717) is 18.7 Å². The van der Waals surface area contributed by atoms with Gasteiger partial charge in [-0.1, -0.05) is 0 Å². The van der Waals surface area contributed by atoms with Gasteiger partial charge >= 0.3 is 5.69 Å². The minimum Gasteiger partial charge on any atom is -0.396 e. The van der Waals surface area contributed by atoms with Gasteiger partial charge in [-0.05, 0) is 6.42 Å². The van der Waals surface area contributed by atoms with Gasteiger partial charge in [0.2, 0.25) is 0 Å². The summed E-state index contributed by atoms with van der Waals surface area (Å²) in [5, 5.41) is 19.8. The number of imidazole rings is 1. The number of aliphatic hydroxyl groups excluding tert-OH is 2. The molecule has 4 atom stereocenters. The monoisotopic (exact) mass is 294 g/mol. The molecule has 0 aromatic carbocycles. The molecule has 2 aromatic rings. The van der Waals surface area contributed by atoms with Crippen molar-refractivity contribution in [2.24, 2.45) is 5.41 Å². The molecule has 0 radical (unpaired) electrons. The van der Waals surface area contributed by atoms with Gasteiger partial charge in [0.05, 0.1) is 31.7 Å². The number of rotatable bonds is 2. The Hall–Kier alpha value is -1.97. The van der Waals surface area contributed by atoms with Gasteiger partial charge < -0.3 is 19.5 Å². The molecule has 21 heavy (non-hydrogen) atoms. The van der Waals surface area contributed by atoms with E-state index in [0.717, 1.165) is 0 Å². The predicted molar refractivity (Wildman–Crippen MR) is 69.9 cm³/mol. The van der Waals surface area contributed by atoms with Crippen molar-refractivity contribution in [2.45, 2.75) is 24.7 Å². The number of aromatic amines is 2. The minimum absolute atomic E-state index is 0.130. The topological polar surface area (TPSA) is 133 Å². The first-order valence-corrected chi connectivity index (χ1v) is 6.65. The van der Waals surface area contributed by atoms with Crippen LogP contribution in [-0.4, -0.2) is 55.2 Å². The Morgan fingerprint density at radius 2 is 2.29 bits per heavy atom. The van der Waals surface area contributed by atoms with Crippen LogP contribution in [-0.2, 0) is 4.74 Å². The summed E-state index contributed by atoms with van der Waals surface area (Å²) in [4.78, 5) is 31.8. The molecule has 2 fully saturated rings. The predicted octanol–water partition coefficient (Wildman–Crippen LogP) is -1.90. The Morgan fingerprint density at radius 3 is 3.00 bits per heavy atom. The van der Waals surface area contributed by atoms with Crippen molar-refractivity contribution < 1.29 is 14.9 Å². The van der Waals surface area contributed by atoms with Crippen LogP contribution in [0.3, 0.4) is 0 Å². The fourth-order valence-electron chi connectivity index (χ4n) is 3.48. The molecule has 1 unspecified atom stereocenters. The van der Waals surface area contributed by atoms with E-state index in [9.17, 15) is 19.8 Å².